The minimum atomic E-state index is -4.59. The lowest BCUT2D eigenvalue weighted by Crippen LogP contribution is -2.31. The Kier molecular flexibility index (Phi) is 8.57. The van der Waals surface area contributed by atoms with Gasteiger partial charge in [-0.1, -0.05) is 6.08 Å². The number of allylic oxidation sites excluding steroid dienone is 3. The van der Waals surface area contributed by atoms with Gasteiger partial charge in [0.2, 0.25) is 0 Å². The Hall–Kier alpha value is -4.29. The van der Waals surface area contributed by atoms with E-state index in [9.17, 15) is 22.8 Å². The number of aliphatic hydroxyl groups excluding tert-OH is 1. The molecule has 2 heterocycles. The zero-order chi connectivity index (χ0) is 28.0. The largest absolute Gasteiger partial charge is 0.460 e. The average Bonchev–Trinajstić information content (AvgIpc) is 3.40. The number of aromatic nitrogens is 2. The number of urea groups is 1. The van der Waals surface area contributed by atoms with Gasteiger partial charge in [0.1, 0.15) is 18.1 Å². The van der Waals surface area contributed by atoms with Crippen LogP contribution in [0.15, 0.2) is 78.3 Å². The van der Waals surface area contributed by atoms with Gasteiger partial charge < -0.3 is 30.2 Å². The third-order valence-electron chi connectivity index (χ3n) is 5.38. The first-order chi connectivity index (χ1) is 18.6. The number of benzene rings is 1. The molecule has 1 atom stereocenters. The molecule has 39 heavy (non-hydrogen) atoms. The minimum absolute atomic E-state index is 0.00130. The molecule has 2 aromatic heterocycles. The highest BCUT2D eigenvalue weighted by Gasteiger charge is 2.39. The highest BCUT2D eigenvalue weighted by molar-refractivity contribution is 6.22. The van der Waals surface area contributed by atoms with E-state index in [2.05, 4.69) is 20.6 Å². The second-order valence-corrected chi connectivity index (χ2v) is 8.73. The number of amides is 2. The number of carbonyl (C=O) groups is 2. The molecule has 4 rings (SSSR count). The number of halogens is 4. The number of aromatic amines is 1. The SMILES string of the molecule is O=C(NC1=CCC(Cl)C(C(F)(F)F)=C1)Nc1ccc(Oc2ccnc(-c3cc(C(=O)OCCO)c[nH]3)c2)cc1. The van der Waals surface area contributed by atoms with Crippen molar-refractivity contribution < 1.29 is 37.3 Å². The molecule has 0 spiro atoms. The number of hydrogen-bond acceptors (Lipinski definition) is 6. The second-order valence-electron chi connectivity index (χ2n) is 8.20. The molecule has 9 nitrogen and oxygen atoms in total. The Morgan fingerprint density at radius 2 is 1.90 bits per heavy atom. The molecule has 0 saturated carbocycles. The van der Waals surface area contributed by atoms with Crippen LogP contribution in [0.25, 0.3) is 11.4 Å². The fraction of sp³-hybridized carbons (Fsp3) is 0.192. The standard InChI is InChI=1S/C26H22ClF3N4O5/c27-21-6-3-17(12-20(21)26(28,29)30)34-25(37)33-16-1-4-18(5-2-16)39-19-7-8-31-23(13-19)22-11-15(14-32-22)24(36)38-10-9-35/h1-5,7-8,11-14,21,32,35H,6,9-10H2,(H2,33,34,37). The van der Waals surface area contributed by atoms with Gasteiger partial charge in [-0.15, -0.1) is 11.6 Å². The summed E-state index contributed by atoms with van der Waals surface area (Å²) in [4.78, 5) is 31.4. The molecule has 0 saturated heterocycles. The maximum atomic E-state index is 13.1. The van der Waals surface area contributed by atoms with Gasteiger partial charge in [-0.05, 0) is 48.9 Å². The van der Waals surface area contributed by atoms with Crippen LogP contribution in [-0.4, -0.2) is 51.8 Å². The van der Waals surface area contributed by atoms with Crippen LogP contribution in [0.5, 0.6) is 11.5 Å². The maximum Gasteiger partial charge on any atom is 0.414 e. The molecule has 0 bridgehead atoms. The number of ether oxygens (including phenoxy) is 2. The van der Waals surface area contributed by atoms with Crippen molar-refractivity contribution in [2.24, 2.45) is 0 Å². The van der Waals surface area contributed by atoms with Crippen molar-refractivity contribution in [2.75, 3.05) is 18.5 Å². The van der Waals surface area contributed by atoms with Crippen LogP contribution in [0.4, 0.5) is 23.7 Å². The number of esters is 1. The Morgan fingerprint density at radius 3 is 2.62 bits per heavy atom. The van der Waals surface area contributed by atoms with Gasteiger partial charge in [0, 0.05) is 29.8 Å². The summed E-state index contributed by atoms with van der Waals surface area (Å²) in [5, 5.41) is 12.5. The molecule has 0 fully saturated rings. The summed E-state index contributed by atoms with van der Waals surface area (Å²) in [5.41, 5.74) is 0.798. The smallest absolute Gasteiger partial charge is 0.414 e. The van der Waals surface area contributed by atoms with Crippen LogP contribution in [0, 0.1) is 0 Å². The normalized spacial score (nSPS) is 15.2. The van der Waals surface area contributed by atoms with Crippen LogP contribution in [0.1, 0.15) is 16.8 Å². The first kappa shape index (κ1) is 27.7. The Bertz CT molecular complexity index is 1400. The van der Waals surface area contributed by atoms with Crippen LogP contribution in [0.3, 0.4) is 0 Å². The molecule has 204 valence electrons. The number of alkyl halides is 4. The van der Waals surface area contributed by atoms with E-state index >= 15 is 0 Å². The highest BCUT2D eigenvalue weighted by Crippen LogP contribution is 2.35. The quantitative estimate of drug-likeness (QED) is 0.211. The van der Waals surface area contributed by atoms with Crippen LogP contribution >= 0.6 is 11.6 Å². The Balaban J connectivity index is 1.35. The number of anilines is 1. The number of hydrogen-bond donors (Lipinski definition) is 4. The number of aliphatic hydroxyl groups is 1. The summed E-state index contributed by atoms with van der Waals surface area (Å²) in [7, 11) is 0. The first-order valence-corrected chi connectivity index (χ1v) is 12.0. The lowest BCUT2D eigenvalue weighted by Gasteiger charge is -2.21. The van der Waals surface area contributed by atoms with Gasteiger partial charge in [-0.25, -0.2) is 9.59 Å². The number of rotatable bonds is 8. The molecule has 1 aliphatic rings. The second kappa shape index (κ2) is 12.0. The zero-order valence-corrected chi connectivity index (χ0v) is 20.8. The molecule has 1 aliphatic carbocycles. The number of nitrogens with one attached hydrogen (secondary N) is 3. The summed E-state index contributed by atoms with van der Waals surface area (Å²) >= 11 is 5.74. The summed E-state index contributed by atoms with van der Waals surface area (Å²) in [6, 6.07) is 10.5. The summed E-state index contributed by atoms with van der Waals surface area (Å²) in [6.07, 6.45) is 0.584. The van der Waals surface area contributed by atoms with E-state index in [-0.39, 0.29) is 30.9 Å². The predicted octanol–water partition coefficient (Wildman–Crippen LogP) is 5.52. The lowest BCUT2D eigenvalue weighted by atomic mass is 10.0. The Morgan fingerprint density at radius 1 is 1.13 bits per heavy atom. The van der Waals surface area contributed by atoms with Gasteiger partial charge in [-0.2, -0.15) is 13.2 Å². The molecule has 4 N–H and O–H groups in total. The summed E-state index contributed by atoms with van der Waals surface area (Å²) < 4.78 is 49.9. The van der Waals surface area contributed by atoms with Crippen LogP contribution < -0.4 is 15.4 Å². The van der Waals surface area contributed by atoms with E-state index < -0.39 is 29.1 Å². The highest BCUT2D eigenvalue weighted by atomic mass is 35.5. The van der Waals surface area contributed by atoms with Crippen LogP contribution in [0.2, 0.25) is 0 Å². The fourth-order valence-corrected chi connectivity index (χ4v) is 3.84. The number of H-pyrrole nitrogens is 1. The van der Waals surface area contributed by atoms with E-state index in [1.165, 1.54) is 18.5 Å². The molecule has 13 heteroatoms. The van der Waals surface area contributed by atoms with Crippen molar-refractivity contribution in [3.05, 3.63) is 83.8 Å². The van der Waals surface area contributed by atoms with Gasteiger partial charge >= 0.3 is 18.2 Å². The monoisotopic (exact) mass is 562 g/mol. The van der Waals surface area contributed by atoms with Crippen molar-refractivity contribution in [1.29, 1.82) is 0 Å². The molecule has 2 amide bonds. The van der Waals surface area contributed by atoms with E-state index in [0.29, 0.717) is 28.6 Å². The molecule has 0 aliphatic heterocycles. The van der Waals surface area contributed by atoms with Crippen LogP contribution in [-0.2, 0) is 4.74 Å². The molecule has 3 aromatic rings. The van der Waals surface area contributed by atoms with Gasteiger partial charge in [0.15, 0.2) is 0 Å². The zero-order valence-electron chi connectivity index (χ0n) is 20.1. The van der Waals surface area contributed by atoms with Crippen molar-refractivity contribution in [3.63, 3.8) is 0 Å². The summed E-state index contributed by atoms with van der Waals surface area (Å²) in [5.74, 6) is 0.313. The van der Waals surface area contributed by atoms with Gasteiger partial charge in [-0.3, -0.25) is 4.98 Å². The molecule has 0 radical (unpaired) electrons. The van der Waals surface area contributed by atoms with Crippen molar-refractivity contribution in [3.8, 4) is 22.9 Å². The average molecular weight is 563 g/mol. The van der Waals surface area contributed by atoms with Gasteiger partial charge in [0.05, 0.1) is 34.5 Å². The van der Waals surface area contributed by atoms with Crippen molar-refractivity contribution in [2.45, 2.75) is 18.0 Å². The van der Waals surface area contributed by atoms with E-state index in [1.54, 1.807) is 42.5 Å². The number of pyridine rings is 1. The number of carbonyl (C=O) groups excluding carboxylic acids is 2. The third-order valence-corrected chi connectivity index (χ3v) is 5.79. The lowest BCUT2D eigenvalue weighted by molar-refractivity contribution is -0.0937. The van der Waals surface area contributed by atoms with E-state index in [4.69, 9.17) is 26.2 Å². The van der Waals surface area contributed by atoms with Crippen molar-refractivity contribution >= 4 is 29.3 Å². The predicted molar refractivity (Wildman–Crippen MR) is 137 cm³/mol. The van der Waals surface area contributed by atoms with E-state index in [1.807, 2.05) is 0 Å². The molecule has 1 aromatic carbocycles. The topological polar surface area (TPSA) is 126 Å². The summed E-state index contributed by atoms with van der Waals surface area (Å²) in [6.45, 7) is -0.376. The van der Waals surface area contributed by atoms with Gasteiger partial charge in [0.25, 0.3) is 0 Å². The fourth-order valence-electron chi connectivity index (χ4n) is 3.56. The minimum Gasteiger partial charge on any atom is -0.460 e. The van der Waals surface area contributed by atoms with E-state index in [0.717, 1.165) is 6.08 Å². The molecular weight excluding hydrogens is 541 g/mol. The first-order valence-electron chi connectivity index (χ1n) is 11.5. The third kappa shape index (κ3) is 7.39. The molecule has 1 unspecified atom stereocenters. The number of nitrogens with zero attached hydrogens (tertiary/aromatic N) is 1. The van der Waals surface area contributed by atoms with Crippen molar-refractivity contribution in [1.82, 2.24) is 15.3 Å². The Labute approximate surface area is 225 Å². The maximum absolute atomic E-state index is 13.1. The molecular formula is C26H22ClF3N4O5.